The highest BCUT2D eigenvalue weighted by Gasteiger charge is 2.24. The highest BCUT2D eigenvalue weighted by molar-refractivity contribution is 6.05. The highest BCUT2D eigenvalue weighted by atomic mass is 16.2. The molecule has 2 aromatic heterocycles. The van der Waals surface area contributed by atoms with Gasteiger partial charge in [0.2, 0.25) is 0 Å². The molecule has 0 saturated carbocycles. The number of pyridine rings is 1. The molecule has 0 aliphatic heterocycles. The number of H-pyrrole nitrogens is 1. The Morgan fingerprint density at radius 2 is 1.86 bits per heavy atom. The van der Waals surface area contributed by atoms with Gasteiger partial charge in [0.1, 0.15) is 0 Å². The van der Waals surface area contributed by atoms with Gasteiger partial charge in [0.25, 0.3) is 11.5 Å². The lowest BCUT2D eigenvalue weighted by atomic mass is 10.0. The first-order chi connectivity index (χ1) is 13.8. The molecule has 0 aliphatic rings. The topological polar surface area (TPSA) is 136 Å². The van der Waals surface area contributed by atoms with E-state index in [1.165, 1.54) is 9.47 Å². The molecular weight excluding hydrogens is 372 g/mol. The van der Waals surface area contributed by atoms with Crippen molar-refractivity contribution >= 4 is 16.9 Å². The minimum absolute atomic E-state index is 0.0397. The monoisotopic (exact) mass is 396 g/mol. The quantitative estimate of drug-likeness (QED) is 0.723. The molecule has 0 bridgehead atoms. The number of amides is 1. The molecule has 0 saturated heterocycles. The van der Waals surface area contributed by atoms with Crippen LogP contribution in [0.1, 0.15) is 62.0 Å². The second-order valence-electron chi connectivity index (χ2n) is 6.97. The van der Waals surface area contributed by atoms with E-state index in [9.17, 15) is 14.4 Å². The van der Waals surface area contributed by atoms with Crippen LogP contribution in [-0.2, 0) is 6.54 Å². The summed E-state index contributed by atoms with van der Waals surface area (Å²) in [5, 5.41) is 17.8. The standard InChI is InChI=1S/C20H24N6O3/c1-4-9-26-17-16(18(27)24-20(26)29)14(12-15(23-17)13(2)3)19(28)25(10-5-7-21)11-6-8-22/h12-13H,4-6,9-11H2,1-3H3,(H,24,27,29). The van der Waals surface area contributed by atoms with Gasteiger partial charge in [0.05, 0.1) is 35.9 Å². The zero-order chi connectivity index (χ0) is 21.6. The van der Waals surface area contributed by atoms with Crippen molar-refractivity contribution in [3.05, 3.63) is 38.2 Å². The van der Waals surface area contributed by atoms with Crippen molar-refractivity contribution in [2.45, 2.75) is 52.5 Å². The number of rotatable bonds is 8. The van der Waals surface area contributed by atoms with Gasteiger partial charge in [-0.1, -0.05) is 20.8 Å². The minimum Gasteiger partial charge on any atom is -0.337 e. The van der Waals surface area contributed by atoms with E-state index in [-0.39, 0.29) is 48.4 Å². The van der Waals surface area contributed by atoms with Crippen LogP contribution in [0.3, 0.4) is 0 Å². The maximum Gasteiger partial charge on any atom is 0.329 e. The normalized spacial score (nSPS) is 10.7. The van der Waals surface area contributed by atoms with E-state index in [0.717, 1.165) is 0 Å². The van der Waals surface area contributed by atoms with Gasteiger partial charge >= 0.3 is 5.69 Å². The van der Waals surface area contributed by atoms with E-state index in [1.807, 2.05) is 32.9 Å². The summed E-state index contributed by atoms with van der Waals surface area (Å²) in [5.41, 5.74) is -0.362. The lowest BCUT2D eigenvalue weighted by Gasteiger charge is -2.22. The van der Waals surface area contributed by atoms with Gasteiger partial charge in [-0.05, 0) is 18.4 Å². The Hall–Kier alpha value is -3.46. The van der Waals surface area contributed by atoms with E-state index >= 15 is 0 Å². The van der Waals surface area contributed by atoms with E-state index in [1.54, 1.807) is 6.07 Å². The van der Waals surface area contributed by atoms with Gasteiger partial charge in [-0.15, -0.1) is 0 Å². The van der Waals surface area contributed by atoms with Gasteiger partial charge in [-0.3, -0.25) is 19.1 Å². The molecule has 0 aromatic carbocycles. The number of nitrogens with zero attached hydrogens (tertiary/aromatic N) is 5. The number of aromatic amines is 1. The SMILES string of the molecule is CCCn1c(=O)[nH]c(=O)c2c(C(=O)N(CCC#N)CCC#N)cc(C(C)C)nc21. The van der Waals surface area contributed by atoms with Gasteiger partial charge in [-0.25, -0.2) is 9.78 Å². The fraction of sp³-hybridized carbons (Fsp3) is 0.500. The van der Waals surface area contributed by atoms with Crippen LogP contribution in [0, 0.1) is 22.7 Å². The zero-order valence-corrected chi connectivity index (χ0v) is 16.9. The summed E-state index contributed by atoms with van der Waals surface area (Å²) in [6.45, 7) is 6.34. The van der Waals surface area contributed by atoms with Crippen LogP contribution in [0.2, 0.25) is 0 Å². The van der Waals surface area contributed by atoms with Crippen molar-refractivity contribution < 1.29 is 4.79 Å². The maximum absolute atomic E-state index is 13.3. The Bertz CT molecular complexity index is 1080. The Morgan fingerprint density at radius 3 is 2.38 bits per heavy atom. The third-order valence-corrected chi connectivity index (χ3v) is 4.51. The van der Waals surface area contributed by atoms with Crippen LogP contribution in [0.25, 0.3) is 11.0 Å². The molecule has 9 nitrogen and oxygen atoms in total. The summed E-state index contributed by atoms with van der Waals surface area (Å²) in [6.07, 6.45) is 0.858. The molecule has 0 spiro atoms. The highest BCUT2D eigenvalue weighted by Crippen LogP contribution is 2.21. The Kier molecular flexibility index (Phi) is 7.27. The summed E-state index contributed by atoms with van der Waals surface area (Å²) in [7, 11) is 0. The van der Waals surface area contributed by atoms with Crippen LogP contribution in [0.5, 0.6) is 0 Å². The van der Waals surface area contributed by atoms with Crippen molar-refractivity contribution in [2.75, 3.05) is 13.1 Å². The van der Waals surface area contributed by atoms with Gasteiger partial charge in [0, 0.05) is 25.3 Å². The first-order valence-corrected chi connectivity index (χ1v) is 9.56. The van der Waals surface area contributed by atoms with E-state index in [4.69, 9.17) is 10.5 Å². The Balaban J connectivity index is 2.79. The Labute approximate surface area is 168 Å². The lowest BCUT2D eigenvalue weighted by Crippen LogP contribution is -2.36. The van der Waals surface area contributed by atoms with Crippen LogP contribution in [0.15, 0.2) is 15.7 Å². The summed E-state index contributed by atoms with van der Waals surface area (Å²) < 4.78 is 1.37. The van der Waals surface area contributed by atoms with Crippen LogP contribution >= 0.6 is 0 Å². The minimum atomic E-state index is -0.677. The van der Waals surface area contributed by atoms with E-state index in [0.29, 0.717) is 18.7 Å². The number of aryl methyl sites for hydroxylation is 1. The van der Waals surface area contributed by atoms with Gasteiger partial charge in [0.15, 0.2) is 5.65 Å². The average Bonchev–Trinajstić information content (AvgIpc) is 2.69. The molecular formula is C20H24N6O3. The number of hydrogen-bond donors (Lipinski definition) is 1. The molecule has 2 aromatic rings. The van der Waals surface area contributed by atoms with Crippen molar-refractivity contribution in [3.8, 4) is 12.1 Å². The van der Waals surface area contributed by atoms with Gasteiger partial charge < -0.3 is 4.90 Å². The molecule has 9 heteroatoms. The van der Waals surface area contributed by atoms with Crippen LogP contribution < -0.4 is 11.2 Å². The van der Waals surface area contributed by atoms with Crippen molar-refractivity contribution in [2.24, 2.45) is 0 Å². The lowest BCUT2D eigenvalue weighted by molar-refractivity contribution is 0.0764. The summed E-state index contributed by atoms with van der Waals surface area (Å²) in [5.74, 6) is -0.501. The second kappa shape index (κ2) is 9.65. The van der Waals surface area contributed by atoms with Gasteiger partial charge in [-0.2, -0.15) is 10.5 Å². The summed E-state index contributed by atoms with van der Waals surface area (Å²) in [6, 6.07) is 5.55. The summed E-state index contributed by atoms with van der Waals surface area (Å²) in [4.78, 5) is 46.4. The number of carbonyl (C=O) groups is 1. The first-order valence-electron chi connectivity index (χ1n) is 9.56. The number of nitriles is 2. The molecule has 1 amide bonds. The van der Waals surface area contributed by atoms with Crippen LogP contribution in [-0.4, -0.2) is 38.4 Å². The molecule has 0 radical (unpaired) electrons. The predicted molar refractivity (Wildman–Crippen MR) is 107 cm³/mol. The van der Waals surface area contributed by atoms with Crippen LogP contribution in [0.4, 0.5) is 0 Å². The maximum atomic E-state index is 13.3. The molecule has 1 N–H and O–H groups in total. The molecule has 2 rings (SSSR count). The molecule has 2 heterocycles. The number of fused-ring (bicyclic) bond motifs is 1. The molecule has 0 aliphatic carbocycles. The molecule has 0 unspecified atom stereocenters. The third-order valence-electron chi connectivity index (χ3n) is 4.51. The zero-order valence-electron chi connectivity index (χ0n) is 16.9. The van der Waals surface area contributed by atoms with E-state index in [2.05, 4.69) is 9.97 Å². The van der Waals surface area contributed by atoms with Crippen molar-refractivity contribution in [3.63, 3.8) is 0 Å². The fourth-order valence-corrected chi connectivity index (χ4v) is 3.04. The third kappa shape index (κ3) is 4.69. The Morgan fingerprint density at radius 1 is 1.24 bits per heavy atom. The molecule has 0 atom stereocenters. The van der Waals surface area contributed by atoms with Crippen molar-refractivity contribution in [1.82, 2.24) is 19.4 Å². The van der Waals surface area contributed by atoms with Crippen molar-refractivity contribution in [1.29, 1.82) is 10.5 Å². The summed E-state index contributed by atoms with van der Waals surface area (Å²) >= 11 is 0. The average molecular weight is 396 g/mol. The molecule has 152 valence electrons. The molecule has 29 heavy (non-hydrogen) atoms. The first kappa shape index (κ1) is 21.8. The molecule has 0 fully saturated rings. The number of carbonyl (C=O) groups excluding carboxylic acids is 1. The number of aromatic nitrogens is 3. The number of nitrogens with one attached hydrogen (secondary N) is 1. The fourth-order valence-electron chi connectivity index (χ4n) is 3.04. The second-order valence-corrected chi connectivity index (χ2v) is 6.97. The predicted octanol–water partition coefficient (Wildman–Crippen LogP) is 1.89. The number of hydrogen-bond acceptors (Lipinski definition) is 6. The largest absolute Gasteiger partial charge is 0.337 e. The van der Waals surface area contributed by atoms with E-state index < -0.39 is 17.2 Å². The smallest absolute Gasteiger partial charge is 0.329 e.